The number of rotatable bonds is 3. The van der Waals surface area contributed by atoms with Crippen LogP contribution in [0.4, 0.5) is 0 Å². The Labute approximate surface area is 114 Å². The molecule has 102 valence electrons. The van der Waals surface area contributed by atoms with Crippen LogP contribution in [-0.4, -0.2) is 16.9 Å². The van der Waals surface area contributed by atoms with E-state index in [0.717, 1.165) is 22.6 Å². The highest BCUT2D eigenvalue weighted by atomic mass is 16.5. The molecule has 0 aliphatic carbocycles. The number of ether oxygens (including phenoxy) is 1. The lowest BCUT2D eigenvalue weighted by atomic mass is 10.1. The Morgan fingerprint density at radius 1 is 1.32 bits per heavy atom. The zero-order valence-electron chi connectivity index (χ0n) is 12.0. The molecule has 0 fully saturated rings. The third kappa shape index (κ3) is 2.79. The molecule has 0 aliphatic rings. The van der Waals surface area contributed by atoms with Gasteiger partial charge in [-0.25, -0.2) is 0 Å². The second-order valence-electron chi connectivity index (χ2n) is 5.55. The summed E-state index contributed by atoms with van der Waals surface area (Å²) in [6.07, 6.45) is 2.02. The standard InChI is InChI=1S/C15H21N3O/c1-15(2,3)18-10-12(9-16)14(17-18)11-6-5-7-13(8-11)19-4/h5-8,10H,9,16H2,1-4H3. The van der Waals surface area contributed by atoms with Crippen molar-refractivity contribution in [2.24, 2.45) is 5.73 Å². The van der Waals surface area contributed by atoms with Crippen LogP contribution in [0.5, 0.6) is 5.75 Å². The summed E-state index contributed by atoms with van der Waals surface area (Å²) in [6.45, 7) is 6.84. The van der Waals surface area contributed by atoms with Crippen LogP contribution in [0, 0.1) is 0 Å². The molecule has 0 radical (unpaired) electrons. The van der Waals surface area contributed by atoms with Gasteiger partial charge in [0, 0.05) is 23.9 Å². The average molecular weight is 259 g/mol. The minimum Gasteiger partial charge on any atom is -0.497 e. The molecule has 2 rings (SSSR count). The van der Waals surface area contributed by atoms with Crippen LogP contribution in [0.2, 0.25) is 0 Å². The molecule has 4 nitrogen and oxygen atoms in total. The summed E-state index contributed by atoms with van der Waals surface area (Å²) in [5, 5.41) is 4.68. The summed E-state index contributed by atoms with van der Waals surface area (Å²) in [4.78, 5) is 0. The zero-order valence-corrected chi connectivity index (χ0v) is 12.0. The molecule has 0 saturated heterocycles. The maximum atomic E-state index is 5.83. The summed E-state index contributed by atoms with van der Waals surface area (Å²) < 4.78 is 7.22. The maximum absolute atomic E-state index is 5.83. The highest BCUT2D eigenvalue weighted by Crippen LogP contribution is 2.27. The lowest BCUT2D eigenvalue weighted by Gasteiger charge is -2.18. The Kier molecular flexibility index (Phi) is 3.62. The Hall–Kier alpha value is -1.81. The van der Waals surface area contributed by atoms with Crippen LogP contribution in [0.1, 0.15) is 26.3 Å². The first-order valence-corrected chi connectivity index (χ1v) is 6.39. The van der Waals surface area contributed by atoms with Crippen molar-refractivity contribution < 1.29 is 4.74 Å². The molecule has 1 heterocycles. The fourth-order valence-electron chi connectivity index (χ4n) is 1.92. The normalized spacial score (nSPS) is 11.6. The van der Waals surface area contributed by atoms with Gasteiger partial charge in [0.25, 0.3) is 0 Å². The van der Waals surface area contributed by atoms with Gasteiger partial charge in [-0.2, -0.15) is 5.10 Å². The fraction of sp³-hybridized carbons (Fsp3) is 0.400. The van der Waals surface area contributed by atoms with Gasteiger partial charge in [-0.05, 0) is 32.9 Å². The van der Waals surface area contributed by atoms with Gasteiger partial charge in [0.05, 0.1) is 18.3 Å². The molecule has 0 bridgehead atoms. The first-order valence-electron chi connectivity index (χ1n) is 6.39. The molecule has 0 unspecified atom stereocenters. The molecule has 0 saturated carbocycles. The van der Waals surface area contributed by atoms with E-state index in [1.54, 1.807) is 7.11 Å². The van der Waals surface area contributed by atoms with E-state index in [9.17, 15) is 0 Å². The van der Waals surface area contributed by atoms with Gasteiger partial charge in [0.1, 0.15) is 5.75 Å². The van der Waals surface area contributed by atoms with Crippen LogP contribution in [0.25, 0.3) is 11.3 Å². The first-order chi connectivity index (χ1) is 8.95. The smallest absolute Gasteiger partial charge is 0.119 e. The van der Waals surface area contributed by atoms with Crippen LogP contribution < -0.4 is 10.5 Å². The minimum atomic E-state index is -0.0545. The predicted octanol–water partition coefficient (Wildman–Crippen LogP) is 2.77. The highest BCUT2D eigenvalue weighted by Gasteiger charge is 2.18. The van der Waals surface area contributed by atoms with Gasteiger partial charge in [0.2, 0.25) is 0 Å². The summed E-state index contributed by atoms with van der Waals surface area (Å²) in [5.41, 5.74) is 8.78. The summed E-state index contributed by atoms with van der Waals surface area (Å²) in [6, 6.07) is 7.89. The van der Waals surface area contributed by atoms with Crippen LogP contribution >= 0.6 is 0 Å². The largest absolute Gasteiger partial charge is 0.497 e. The Bertz CT molecular complexity index is 567. The van der Waals surface area contributed by atoms with E-state index in [2.05, 4.69) is 25.9 Å². The van der Waals surface area contributed by atoms with Crippen molar-refractivity contribution in [3.63, 3.8) is 0 Å². The first kappa shape index (κ1) is 13.6. The average Bonchev–Trinajstić information content (AvgIpc) is 2.83. The lowest BCUT2D eigenvalue weighted by Crippen LogP contribution is -2.22. The van der Waals surface area contributed by atoms with Gasteiger partial charge >= 0.3 is 0 Å². The Balaban J connectivity index is 2.51. The van der Waals surface area contributed by atoms with Gasteiger partial charge in [-0.1, -0.05) is 12.1 Å². The highest BCUT2D eigenvalue weighted by molar-refractivity contribution is 5.64. The van der Waals surface area contributed by atoms with Gasteiger partial charge in [-0.3, -0.25) is 4.68 Å². The third-order valence-corrected chi connectivity index (χ3v) is 3.04. The number of aromatic nitrogens is 2. The topological polar surface area (TPSA) is 53.1 Å². The molecular weight excluding hydrogens is 238 g/mol. The summed E-state index contributed by atoms with van der Waals surface area (Å²) in [5.74, 6) is 0.825. The van der Waals surface area contributed by atoms with E-state index in [1.807, 2.05) is 35.1 Å². The van der Waals surface area contributed by atoms with Crippen molar-refractivity contribution in [1.82, 2.24) is 9.78 Å². The van der Waals surface area contributed by atoms with Gasteiger partial charge < -0.3 is 10.5 Å². The fourth-order valence-corrected chi connectivity index (χ4v) is 1.92. The predicted molar refractivity (Wildman–Crippen MR) is 77.1 cm³/mol. The van der Waals surface area contributed by atoms with E-state index in [1.165, 1.54) is 0 Å². The second kappa shape index (κ2) is 5.05. The second-order valence-corrected chi connectivity index (χ2v) is 5.55. The molecular formula is C15H21N3O. The molecule has 1 aromatic heterocycles. The monoisotopic (exact) mass is 259 g/mol. The zero-order chi connectivity index (χ0) is 14.0. The van der Waals surface area contributed by atoms with Gasteiger partial charge in [-0.15, -0.1) is 0 Å². The van der Waals surface area contributed by atoms with Crippen LogP contribution in [0.3, 0.4) is 0 Å². The lowest BCUT2D eigenvalue weighted by molar-refractivity contribution is 0.356. The summed E-state index contributed by atoms with van der Waals surface area (Å²) in [7, 11) is 1.66. The van der Waals surface area contributed by atoms with Crippen LogP contribution in [-0.2, 0) is 12.1 Å². The molecule has 0 amide bonds. The van der Waals surface area contributed by atoms with E-state index < -0.39 is 0 Å². The Morgan fingerprint density at radius 3 is 2.63 bits per heavy atom. The van der Waals surface area contributed by atoms with Crippen molar-refractivity contribution in [2.45, 2.75) is 32.9 Å². The minimum absolute atomic E-state index is 0.0545. The SMILES string of the molecule is COc1cccc(-c2nn(C(C)(C)C)cc2CN)c1. The molecule has 0 spiro atoms. The number of nitrogens with two attached hydrogens (primary N) is 1. The molecule has 0 atom stereocenters. The number of methoxy groups -OCH3 is 1. The third-order valence-electron chi connectivity index (χ3n) is 3.04. The van der Waals surface area contributed by atoms with Crippen molar-refractivity contribution in [3.05, 3.63) is 36.0 Å². The quantitative estimate of drug-likeness (QED) is 0.922. The van der Waals surface area contributed by atoms with Crippen molar-refractivity contribution >= 4 is 0 Å². The Morgan fingerprint density at radius 2 is 2.05 bits per heavy atom. The van der Waals surface area contributed by atoms with E-state index in [-0.39, 0.29) is 5.54 Å². The van der Waals surface area contributed by atoms with Crippen LogP contribution in [0.15, 0.2) is 30.5 Å². The summed E-state index contributed by atoms with van der Waals surface area (Å²) >= 11 is 0. The number of benzene rings is 1. The molecule has 2 N–H and O–H groups in total. The van der Waals surface area contributed by atoms with Crippen molar-refractivity contribution in [1.29, 1.82) is 0 Å². The molecule has 2 aromatic rings. The molecule has 19 heavy (non-hydrogen) atoms. The van der Waals surface area contributed by atoms with Gasteiger partial charge in [0.15, 0.2) is 0 Å². The van der Waals surface area contributed by atoms with E-state index >= 15 is 0 Å². The van der Waals surface area contributed by atoms with E-state index in [4.69, 9.17) is 10.5 Å². The van der Waals surface area contributed by atoms with E-state index in [0.29, 0.717) is 6.54 Å². The number of nitrogens with zero attached hydrogens (tertiary/aromatic N) is 2. The van der Waals surface area contributed by atoms with Crippen molar-refractivity contribution in [2.75, 3.05) is 7.11 Å². The maximum Gasteiger partial charge on any atom is 0.119 e. The molecule has 4 heteroatoms. The molecule has 1 aromatic carbocycles. The number of hydrogen-bond donors (Lipinski definition) is 1. The number of hydrogen-bond acceptors (Lipinski definition) is 3. The molecule has 0 aliphatic heterocycles. The van der Waals surface area contributed by atoms with Crippen molar-refractivity contribution in [3.8, 4) is 17.0 Å².